The molecule has 2 aromatic carbocycles. The maximum absolute atomic E-state index is 9.15. The molecule has 0 radical (unpaired) electrons. The van der Waals surface area contributed by atoms with E-state index in [1.807, 2.05) is 37.3 Å². The van der Waals surface area contributed by atoms with Crippen LogP contribution < -0.4 is 5.32 Å². The predicted molar refractivity (Wildman–Crippen MR) is 79.7 cm³/mol. The Bertz CT molecular complexity index is 625. The van der Waals surface area contributed by atoms with E-state index in [1.54, 1.807) is 6.07 Å². The van der Waals surface area contributed by atoms with E-state index in [1.165, 1.54) is 0 Å². The number of hydrogen-bond donors (Lipinski definition) is 1. The highest BCUT2D eigenvalue weighted by molar-refractivity contribution is 6.34. The smallest absolute Gasteiger partial charge is 0.102 e. The Balaban J connectivity index is 2.19. The molecule has 0 amide bonds. The van der Waals surface area contributed by atoms with Crippen LogP contribution in [-0.4, -0.2) is 0 Å². The van der Waals surface area contributed by atoms with E-state index < -0.39 is 0 Å². The average Bonchev–Trinajstić information content (AvgIpc) is 2.35. The Morgan fingerprint density at radius 2 is 1.84 bits per heavy atom. The number of nitriles is 1. The zero-order chi connectivity index (χ0) is 13.8. The second kappa shape index (κ2) is 5.97. The predicted octanol–water partition coefficient (Wildman–Crippen LogP) is 4.79. The van der Waals surface area contributed by atoms with Gasteiger partial charge in [0.2, 0.25) is 0 Å². The Labute approximate surface area is 122 Å². The van der Waals surface area contributed by atoms with Gasteiger partial charge < -0.3 is 5.32 Å². The number of halogens is 2. The second-order valence-electron chi connectivity index (χ2n) is 4.24. The molecule has 0 aliphatic carbocycles. The quantitative estimate of drug-likeness (QED) is 0.882. The standard InChI is InChI=1S/C15H12Cl2N2/c1-10-3-2-4-15(14(10)8-18)19-9-11-5-12(16)7-13(17)6-11/h2-7,19H,9H2,1H3. The molecule has 0 saturated heterocycles. The molecule has 0 bridgehead atoms. The molecule has 19 heavy (non-hydrogen) atoms. The fraction of sp³-hybridized carbons (Fsp3) is 0.133. The summed E-state index contributed by atoms with van der Waals surface area (Å²) in [5.41, 5.74) is 3.41. The molecule has 96 valence electrons. The van der Waals surface area contributed by atoms with Gasteiger partial charge in [-0.3, -0.25) is 0 Å². The van der Waals surface area contributed by atoms with Crippen LogP contribution in [0.4, 0.5) is 5.69 Å². The lowest BCUT2D eigenvalue weighted by Gasteiger charge is -2.10. The van der Waals surface area contributed by atoms with Gasteiger partial charge in [0, 0.05) is 16.6 Å². The summed E-state index contributed by atoms with van der Waals surface area (Å²) >= 11 is 11.9. The molecular weight excluding hydrogens is 279 g/mol. The summed E-state index contributed by atoms with van der Waals surface area (Å²) in [6, 6.07) is 13.3. The third-order valence-electron chi connectivity index (χ3n) is 2.79. The molecule has 0 aromatic heterocycles. The molecule has 0 fully saturated rings. The summed E-state index contributed by atoms with van der Waals surface area (Å²) in [7, 11) is 0. The number of nitrogens with zero attached hydrogens (tertiary/aromatic N) is 1. The van der Waals surface area contributed by atoms with Crippen LogP contribution in [0.5, 0.6) is 0 Å². The van der Waals surface area contributed by atoms with Crippen molar-refractivity contribution in [2.45, 2.75) is 13.5 Å². The van der Waals surface area contributed by atoms with Crippen LogP contribution in [0.25, 0.3) is 0 Å². The molecule has 2 nitrogen and oxygen atoms in total. The van der Waals surface area contributed by atoms with E-state index in [-0.39, 0.29) is 0 Å². The van der Waals surface area contributed by atoms with Crippen molar-refractivity contribution >= 4 is 28.9 Å². The van der Waals surface area contributed by atoms with Gasteiger partial charge in [0.15, 0.2) is 0 Å². The molecule has 0 aliphatic rings. The van der Waals surface area contributed by atoms with Crippen molar-refractivity contribution in [2.24, 2.45) is 0 Å². The molecule has 1 N–H and O–H groups in total. The van der Waals surface area contributed by atoms with Gasteiger partial charge in [-0.05, 0) is 42.3 Å². The van der Waals surface area contributed by atoms with Crippen molar-refractivity contribution in [1.82, 2.24) is 0 Å². The fourth-order valence-corrected chi connectivity index (χ4v) is 2.45. The normalized spacial score (nSPS) is 10.0. The molecule has 2 aromatic rings. The van der Waals surface area contributed by atoms with Crippen molar-refractivity contribution in [3.05, 3.63) is 63.1 Å². The monoisotopic (exact) mass is 290 g/mol. The summed E-state index contributed by atoms with van der Waals surface area (Å²) in [6.45, 7) is 2.48. The first-order valence-corrected chi connectivity index (χ1v) is 6.54. The minimum atomic E-state index is 0.568. The van der Waals surface area contributed by atoms with Crippen LogP contribution in [0.1, 0.15) is 16.7 Å². The summed E-state index contributed by atoms with van der Waals surface area (Å²) in [6.07, 6.45) is 0. The minimum Gasteiger partial charge on any atom is -0.380 e. The fourth-order valence-electron chi connectivity index (χ4n) is 1.87. The van der Waals surface area contributed by atoms with Crippen LogP contribution in [0.2, 0.25) is 10.0 Å². The van der Waals surface area contributed by atoms with Crippen LogP contribution >= 0.6 is 23.2 Å². The van der Waals surface area contributed by atoms with Crippen molar-refractivity contribution in [3.63, 3.8) is 0 Å². The lowest BCUT2D eigenvalue weighted by atomic mass is 10.1. The van der Waals surface area contributed by atoms with Gasteiger partial charge in [0.05, 0.1) is 11.3 Å². The number of aryl methyl sites for hydroxylation is 1. The van der Waals surface area contributed by atoms with E-state index in [0.717, 1.165) is 16.8 Å². The molecule has 2 rings (SSSR count). The molecule has 0 spiro atoms. The molecule has 0 aliphatic heterocycles. The molecule has 0 saturated carbocycles. The van der Waals surface area contributed by atoms with Crippen molar-refractivity contribution < 1.29 is 0 Å². The van der Waals surface area contributed by atoms with E-state index in [2.05, 4.69) is 11.4 Å². The first-order chi connectivity index (χ1) is 9.10. The zero-order valence-corrected chi connectivity index (χ0v) is 11.9. The van der Waals surface area contributed by atoms with Gasteiger partial charge >= 0.3 is 0 Å². The lowest BCUT2D eigenvalue weighted by Crippen LogP contribution is -2.02. The summed E-state index contributed by atoms with van der Waals surface area (Å²) < 4.78 is 0. The van der Waals surface area contributed by atoms with Crippen molar-refractivity contribution in [3.8, 4) is 6.07 Å². The first-order valence-electron chi connectivity index (χ1n) is 5.78. The Morgan fingerprint density at radius 3 is 2.47 bits per heavy atom. The third kappa shape index (κ3) is 3.41. The van der Waals surface area contributed by atoms with Crippen LogP contribution in [0.15, 0.2) is 36.4 Å². The van der Waals surface area contributed by atoms with Gasteiger partial charge in [-0.2, -0.15) is 5.26 Å². The number of rotatable bonds is 3. The van der Waals surface area contributed by atoms with Crippen molar-refractivity contribution in [1.29, 1.82) is 5.26 Å². The number of hydrogen-bond acceptors (Lipinski definition) is 2. The highest BCUT2D eigenvalue weighted by atomic mass is 35.5. The van der Waals surface area contributed by atoms with Gasteiger partial charge in [0.25, 0.3) is 0 Å². The first kappa shape index (κ1) is 13.7. The molecule has 0 heterocycles. The average molecular weight is 291 g/mol. The molecular formula is C15H12Cl2N2. The Morgan fingerprint density at radius 1 is 1.16 bits per heavy atom. The SMILES string of the molecule is Cc1cccc(NCc2cc(Cl)cc(Cl)c2)c1C#N. The molecule has 4 heteroatoms. The minimum absolute atomic E-state index is 0.568. The van der Waals surface area contributed by atoms with E-state index in [0.29, 0.717) is 22.2 Å². The van der Waals surface area contributed by atoms with Gasteiger partial charge in [-0.25, -0.2) is 0 Å². The maximum atomic E-state index is 9.15. The number of nitrogens with one attached hydrogen (secondary N) is 1. The second-order valence-corrected chi connectivity index (χ2v) is 5.11. The van der Waals surface area contributed by atoms with Crippen molar-refractivity contribution in [2.75, 3.05) is 5.32 Å². The summed E-state index contributed by atoms with van der Waals surface area (Å²) in [5, 5.41) is 13.6. The van der Waals surface area contributed by atoms with E-state index in [9.17, 15) is 0 Å². The Kier molecular flexibility index (Phi) is 4.31. The van der Waals surface area contributed by atoms with Crippen LogP contribution in [0.3, 0.4) is 0 Å². The largest absolute Gasteiger partial charge is 0.380 e. The number of benzene rings is 2. The Hall–Kier alpha value is -1.69. The van der Waals surface area contributed by atoms with Gasteiger partial charge in [-0.1, -0.05) is 35.3 Å². The third-order valence-corrected chi connectivity index (χ3v) is 3.23. The van der Waals surface area contributed by atoms with Gasteiger partial charge in [-0.15, -0.1) is 0 Å². The summed E-state index contributed by atoms with van der Waals surface area (Å²) in [4.78, 5) is 0. The topological polar surface area (TPSA) is 35.8 Å². The highest BCUT2D eigenvalue weighted by Gasteiger charge is 2.05. The molecule has 0 unspecified atom stereocenters. The highest BCUT2D eigenvalue weighted by Crippen LogP contribution is 2.22. The lowest BCUT2D eigenvalue weighted by molar-refractivity contribution is 1.14. The summed E-state index contributed by atoms with van der Waals surface area (Å²) in [5.74, 6) is 0. The molecule has 0 atom stereocenters. The maximum Gasteiger partial charge on any atom is 0.102 e. The number of anilines is 1. The zero-order valence-electron chi connectivity index (χ0n) is 10.4. The van der Waals surface area contributed by atoms with E-state index in [4.69, 9.17) is 28.5 Å². The van der Waals surface area contributed by atoms with Gasteiger partial charge in [0.1, 0.15) is 6.07 Å². The van der Waals surface area contributed by atoms with Crippen LogP contribution in [-0.2, 0) is 6.54 Å². The van der Waals surface area contributed by atoms with E-state index >= 15 is 0 Å². The van der Waals surface area contributed by atoms with Crippen LogP contribution in [0, 0.1) is 18.3 Å².